The minimum atomic E-state index is -1.11. The van der Waals surface area contributed by atoms with Crippen LogP contribution >= 0.6 is 0 Å². The van der Waals surface area contributed by atoms with Crippen molar-refractivity contribution < 1.29 is 19.4 Å². The van der Waals surface area contributed by atoms with Crippen LogP contribution in [0.2, 0.25) is 0 Å². The van der Waals surface area contributed by atoms with Crippen molar-refractivity contribution >= 4 is 17.5 Å². The molecule has 1 atom stereocenters. The Kier molecular flexibility index (Phi) is 16.7. The number of hydrogen-bond donors (Lipinski definition) is 3. The van der Waals surface area contributed by atoms with Gasteiger partial charge < -0.3 is 20.5 Å². The zero-order valence-corrected chi connectivity index (χ0v) is 24.8. The number of aromatic hydroxyl groups is 1. The Balaban J connectivity index is 1.63. The number of amides is 2. The molecule has 7 nitrogen and oxygen atoms in total. The highest BCUT2D eigenvalue weighted by atomic mass is 16.5. The lowest BCUT2D eigenvalue weighted by Gasteiger charge is -2.37. The molecule has 0 saturated carbocycles. The van der Waals surface area contributed by atoms with Crippen LogP contribution in [0.4, 0.5) is 5.69 Å². The highest BCUT2D eigenvalue weighted by Gasteiger charge is 2.50. The molecule has 2 rings (SSSR count). The fraction of sp³-hybridized carbons (Fsp3) is 0.750. The van der Waals surface area contributed by atoms with Crippen LogP contribution in [0.25, 0.3) is 0 Å². The summed E-state index contributed by atoms with van der Waals surface area (Å²) in [6.45, 7) is 5.01. The maximum absolute atomic E-state index is 12.7. The number of phenolic OH excluding ortho intramolecular Hbond substituents is 1. The van der Waals surface area contributed by atoms with Crippen LogP contribution < -0.4 is 10.6 Å². The maximum Gasteiger partial charge on any atom is 0.315 e. The molecule has 0 aliphatic carbocycles. The first-order valence-electron chi connectivity index (χ1n) is 15.8. The Labute approximate surface area is 237 Å². The smallest absolute Gasteiger partial charge is 0.315 e. The number of rotatable bonds is 24. The van der Waals surface area contributed by atoms with E-state index in [9.17, 15) is 14.7 Å². The number of carbonyl (C=O) groups excluding carboxylic acids is 2. The van der Waals surface area contributed by atoms with Crippen LogP contribution in [0, 0.1) is 0 Å². The van der Waals surface area contributed by atoms with Gasteiger partial charge in [-0.1, -0.05) is 117 Å². The Hall–Kier alpha value is -2.28. The van der Waals surface area contributed by atoms with Crippen LogP contribution in [0.1, 0.15) is 136 Å². The minimum Gasteiger partial charge on any atom is -0.508 e. The molecule has 1 saturated heterocycles. The second-order valence-electron chi connectivity index (χ2n) is 11.1. The quantitative estimate of drug-likeness (QED) is 0.0533. The third-order valence-electron chi connectivity index (χ3n) is 7.74. The second-order valence-corrected chi connectivity index (χ2v) is 11.1. The predicted molar refractivity (Wildman–Crippen MR) is 159 cm³/mol. The van der Waals surface area contributed by atoms with Gasteiger partial charge in [0, 0.05) is 18.7 Å². The van der Waals surface area contributed by atoms with E-state index in [0.29, 0.717) is 13.0 Å². The van der Waals surface area contributed by atoms with Gasteiger partial charge in [-0.15, -0.1) is 0 Å². The van der Waals surface area contributed by atoms with Crippen molar-refractivity contribution in [3.8, 4) is 5.75 Å². The molecule has 1 aliphatic rings. The number of ether oxygens (including phenoxy) is 1. The largest absolute Gasteiger partial charge is 0.508 e. The summed E-state index contributed by atoms with van der Waals surface area (Å²) in [5, 5.41) is 15.5. The Morgan fingerprint density at radius 3 is 1.74 bits per heavy atom. The number of hydrogen-bond acceptors (Lipinski definition) is 5. The molecule has 1 unspecified atom stereocenters. The van der Waals surface area contributed by atoms with E-state index in [0.717, 1.165) is 37.8 Å². The van der Waals surface area contributed by atoms with Crippen LogP contribution in [0.15, 0.2) is 24.3 Å². The molecule has 7 heteroatoms. The van der Waals surface area contributed by atoms with Gasteiger partial charge in [0.15, 0.2) is 0 Å². The van der Waals surface area contributed by atoms with E-state index in [1.807, 2.05) is 0 Å². The van der Waals surface area contributed by atoms with E-state index < -0.39 is 17.7 Å². The van der Waals surface area contributed by atoms with Crippen LogP contribution in [-0.4, -0.2) is 40.9 Å². The predicted octanol–water partition coefficient (Wildman–Crippen LogP) is 7.84. The fourth-order valence-electron chi connectivity index (χ4n) is 5.30. The van der Waals surface area contributed by atoms with E-state index >= 15 is 0 Å². The summed E-state index contributed by atoms with van der Waals surface area (Å²) in [7, 11) is 0. The molecule has 2 amide bonds. The summed E-state index contributed by atoms with van der Waals surface area (Å²) in [5.41, 5.74) is 0.790. The minimum absolute atomic E-state index is 0.136. The van der Waals surface area contributed by atoms with Crippen LogP contribution in [-0.2, 0) is 14.3 Å². The molecule has 1 heterocycles. The molecular weight excluding hydrogens is 490 g/mol. The maximum atomic E-state index is 12.7. The number of unbranched alkanes of at least 4 members (excludes halogenated alkanes) is 16. The molecular formula is C32H55N3O4. The topological polar surface area (TPSA) is 90.9 Å². The Morgan fingerprint density at radius 2 is 1.23 bits per heavy atom. The summed E-state index contributed by atoms with van der Waals surface area (Å²) in [4.78, 5) is 26.7. The lowest BCUT2D eigenvalue weighted by Crippen LogP contribution is -2.55. The van der Waals surface area contributed by atoms with Crippen molar-refractivity contribution in [2.45, 2.75) is 142 Å². The zero-order valence-electron chi connectivity index (χ0n) is 24.8. The van der Waals surface area contributed by atoms with Gasteiger partial charge in [0.1, 0.15) is 12.5 Å². The van der Waals surface area contributed by atoms with E-state index in [-0.39, 0.29) is 12.5 Å². The number of benzene rings is 1. The van der Waals surface area contributed by atoms with Gasteiger partial charge in [-0.05, 0) is 37.1 Å². The number of nitrogens with zero attached hydrogens (tertiary/aromatic N) is 1. The third-order valence-corrected chi connectivity index (χ3v) is 7.74. The summed E-state index contributed by atoms with van der Waals surface area (Å²) in [6, 6.07) is 6.70. The third kappa shape index (κ3) is 12.6. The summed E-state index contributed by atoms with van der Waals surface area (Å²) >= 11 is 0. The van der Waals surface area contributed by atoms with Crippen molar-refractivity contribution in [1.82, 2.24) is 10.2 Å². The Bertz CT molecular complexity index is 801. The van der Waals surface area contributed by atoms with Crippen molar-refractivity contribution in [3.63, 3.8) is 0 Å². The molecule has 1 aromatic carbocycles. The van der Waals surface area contributed by atoms with E-state index in [1.54, 1.807) is 29.2 Å². The highest BCUT2D eigenvalue weighted by Crippen LogP contribution is 2.28. The standard InChI is InChI=1S/C32H55N3O4/c1-3-5-7-8-9-10-11-12-13-14-15-16-17-18-19-20-26-35-31(38)30(37)34-32(35,25-6-4-2)39-27-33-28-21-23-29(36)24-22-28/h21-24,33,36H,3-20,25-27H2,1-2H3,(H,34,37). The average molecular weight is 546 g/mol. The van der Waals surface area contributed by atoms with Gasteiger partial charge in [0.25, 0.3) is 0 Å². The summed E-state index contributed by atoms with van der Waals surface area (Å²) in [5.74, 6) is -2.01. The van der Waals surface area contributed by atoms with Gasteiger partial charge in [0.2, 0.25) is 5.85 Å². The first kappa shape index (κ1) is 32.9. The molecule has 1 aliphatic heterocycles. The molecule has 1 aromatic rings. The number of nitrogens with one attached hydrogen (secondary N) is 2. The van der Waals surface area contributed by atoms with Crippen molar-refractivity contribution in [2.24, 2.45) is 0 Å². The molecule has 39 heavy (non-hydrogen) atoms. The average Bonchev–Trinajstić information content (AvgIpc) is 3.17. The fourth-order valence-corrected chi connectivity index (χ4v) is 5.30. The van der Waals surface area contributed by atoms with Crippen LogP contribution in [0.5, 0.6) is 5.75 Å². The molecule has 0 bridgehead atoms. The molecule has 222 valence electrons. The summed E-state index contributed by atoms with van der Waals surface area (Å²) in [6.07, 6.45) is 23.1. The van der Waals surface area contributed by atoms with Crippen LogP contribution in [0.3, 0.4) is 0 Å². The lowest BCUT2D eigenvalue weighted by atomic mass is 10.0. The molecule has 0 spiro atoms. The normalized spacial score (nSPS) is 17.1. The number of phenols is 1. The zero-order chi connectivity index (χ0) is 28.2. The SMILES string of the molecule is CCCCCCCCCCCCCCCCCCN1C(=O)C(=O)NC1(CCCC)OCNc1ccc(O)cc1. The number of carbonyl (C=O) groups is 2. The molecule has 0 aromatic heterocycles. The second kappa shape index (κ2) is 19.7. The Morgan fingerprint density at radius 1 is 0.744 bits per heavy atom. The van der Waals surface area contributed by atoms with Crippen molar-refractivity contribution in [1.29, 1.82) is 0 Å². The monoisotopic (exact) mass is 545 g/mol. The van der Waals surface area contributed by atoms with E-state index in [1.165, 1.54) is 83.5 Å². The van der Waals surface area contributed by atoms with E-state index in [4.69, 9.17) is 4.74 Å². The van der Waals surface area contributed by atoms with Gasteiger partial charge in [-0.25, -0.2) is 0 Å². The molecule has 0 radical (unpaired) electrons. The molecule has 3 N–H and O–H groups in total. The van der Waals surface area contributed by atoms with E-state index in [2.05, 4.69) is 24.5 Å². The van der Waals surface area contributed by atoms with Gasteiger partial charge in [-0.2, -0.15) is 0 Å². The van der Waals surface area contributed by atoms with Gasteiger partial charge in [-0.3, -0.25) is 14.5 Å². The number of anilines is 1. The lowest BCUT2D eigenvalue weighted by molar-refractivity contribution is -0.168. The molecule has 1 fully saturated rings. The highest BCUT2D eigenvalue weighted by molar-refractivity contribution is 6.37. The first-order chi connectivity index (χ1) is 19.0. The van der Waals surface area contributed by atoms with Gasteiger partial charge >= 0.3 is 11.8 Å². The summed E-state index contributed by atoms with van der Waals surface area (Å²) < 4.78 is 6.16. The van der Waals surface area contributed by atoms with Crippen molar-refractivity contribution in [2.75, 3.05) is 18.6 Å². The van der Waals surface area contributed by atoms with Gasteiger partial charge in [0.05, 0.1) is 0 Å². The van der Waals surface area contributed by atoms with Crippen molar-refractivity contribution in [3.05, 3.63) is 24.3 Å². The first-order valence-corrected chi connectivity index (χ1v) is 15.8.